The number of amides is 2. The van der Waals surface area contributed by atoms with E-state index in [-0.39, 0.29) is 0 Å². The van der Waals surface area contributed by atoms with E-state index in [9.17, 15) is 4.79 Å². The third kappa shape index (κ3) is 2.30. The van der Waals surface area contributed by atoms with Crippen LogP contribution >= 0.6 is 0 Å². The summed E-state index contributed by atoms with van der Waals surface area (Å²) in [6.07, 6.45) is 6.69. The van der Waals surface area contributed by atoms with Crippen molar-refractivity contribution in [3.8, 4) is 0 Å². The van der Waals surface area contributed by atoms with Crippen molar-refractivity contribution < 1.29 is 4.79 Å². The van der Waals surface area contributed by atoms with E-state index in [1.54, 1.807) is 0 Å². The van der Waals surface area contributed by atoms with Gasteiger partial charge < -0.3 is 5.73 Å². The van der Waals surface area contributed by atoms with E-state index in [0.717, 1.165) is 17.5 Å². The monoisotopic (exact) mass is 209 g/mol. The number of nitrogens with one attached hydrogen (secondary N) is 1. The SMILES string of the molecule is C/C(=N\NC(N)=O)[C@H]1CC2CCC1CC2. The highest BCUT2D eigenvalue weighted by Gasteiger charge is 2.36. The molecule has 2 amide bonds. The highest BCUT2D eigenvalue weighted by Crippen LogP contribution is 2.45. The van der Waals surface area contributed by atoms with Crippen molar-refractivity contribution in [1.29, 1.82) is 0 Å². The summed E-state index contributed by atoms with van der Waals surface area (Å²) >= 11 is 0. The van der Waals surface area contributed by atoms with Crippen molar-refractivity contribution in [3.05, 3.63) is 0 Å². The van der Waals surface area contributed by atoms with Gasteiger partial charge in [0.1, 0.15) is 0 Å². The Bertz CT molecular complexity index is 280. The molecule has 0 aliphatic heterocycles. The molecule has 4 nitrogen and oxygen atoms in total. The first-order valence-electron chi connectivity index (χ1n) is 5.76. The van der Waals surface area contributed by atoms with Gasteiger partial charge in [0.05, 0.1) is 0 Å². The molecule has 3 N–H and O–H groups in total. The minimum Gasteiger partial charge on any atom is -0.350 e. The molecule has 3 fully saturated rings. The summed E-state index contributed by atoms with van der Waals surface area (Å²) in [6.45, 7) is 2.00. The predicted molar refractivity (Wildman–Crippen MR) is 59.4 cm³/mol. The van der Waals surface area contributed by atoms with Gasteiger partial charge in [0.2, 0.25) is 0 Å². The van der Waals surface area contributed by atoms with Crippen molar-refractivity contribution in [2.75, 3.05) is 0 Å². The summed E-state index contributed by atoms with van der Waals surface area (Å²) in [7, 11) is 0. The van der Waals surface area contributed by atoms with Crippen molar-refractivity contribution >= 4 is 11.7 Å². The van der Waals surface area contributed by atoms with Crippen LogP contribution in [0.15, 0.2) is 5.10 Å². The lowest BCUT2D eigenvalue weighted by Gasteiger charge is -2.42. The van der Waals surface area contributed by atoms with Gasteiger partial charge in [-0.2, -0.15) is 5.10 Å². The zero-order valence-corrected chi connectivity index (χ0v) is 9.20. The number of hydrogen-bond donors (Lipinski definition) is 2. The molecule has 3 rings (SSSR count). The van der Waals surface area contributed by atoms with E-state index in [4.69, 9.17) is 5.73 Å². The van der Waals surface area contributed by atoms with Gasteiger partial charge in [-0.3, -0.25) is 0 Å². The molecule has 0 heterocycles. The molecule has 0 unspecified atom stereocenters. The number of nitrogens with two attached hydrogens (primary N) is 1. The number of carbonyl (C=O) groups is 1. The number of nitrogens with zero attached hydrogens (tertiary/aromatic N) is 1. The Morgan fingerprint density at radius 2 is 2.00 bits per heavy atom. The van der Waals surface area contributed by atoms with E-state index in [1.165, 1.54) is 32.1 Å². The van der Waals surface area contributed by atoms with Crippen LogP contribution in [0.5, 0.6) is 0 Å². The molecule has 15 heavy (non-hydrogen) atoms. The Hall–Kier alpha value is -1.06. The Labute approximate surface area is 90.3 Å². The summed E-state index contributed by atoms with van der Waals surface area (Å²) in [5.41, 5.74) is 8.36. The zero-order valence-electron chi connectivity index (χ0n) is 9.20. The van der Waals surface area contributed by atoms with Crippen LogP contribution in [0.3, 0.4) is 0 Å². The van der Waals surface area contributed by atoms with Gasteiger partial charge in [0.25, 0.3) is 0 Å². The molecule has 1 atom stereocenters. The lowest BCUT2D eigenvalue weighted by Crippen LogP contribution is -2.36. The molecular formula is C11H19N3O. The molecule has 3 aliphatic carbocycles. The van der Waals surface area contributed by atoms with Crippen molar-refractivity contribution in [2.24, 2.45) is 28.6 Å². The Kier molecular flexibility index (Phi) is 2.93. The van der Waals surface area contributed by atoms with Crippen LogP contribution in [0.1, 0.15) is 39.0 Å². The van der Waals surface area contributed by atoms with E-state index >= 15 is 0 Å². The minimum absolute atomic E-state index is 0.573. The normalized spacial score (nSPS) is 35.3. The fourth-order valence-corrected chi connectivity index (χ4v) is 3.12. The number of carbonyl (C=O) groups excluding carboxylic acids is 1. The number of hydrazone groups is 1. The van der Waals surface area contributed by atoms with Crippen LogP contribution in [-0.2, 0) is 0 Å². The van der Waals surface area contributed by atoms with Gasteiger partial charge in [-0.05, 0) is 38.0 Å². The number of hydrogen-bond acceptors (Lipinski definition) is 2. The molecule has 0 saturated heterocycles. The average molecular weight is 209 g/mol. The summed E-state index contributed by atoms with van der Waals surface area (Å²) in [5, 5.41) is 4.06. The molecule has 3 saturated carbocycles. The Morgan fingerprint density at radius 1 is 1.33 bits per heavy atom. The summed E-state index contributed by atoms with van der Waals surface area (Å²) in [6, 6.07) is -0.574. The van der Waals surface area contributed by atoms with Crippen molar-refractivity contribution in [1.82, 2.24) is 5.43 Å². The van der Waals surface area contributed by atoms with Gasteiger partial charge in [0.15, 0.2) is 0 Å². The highest BCUT2D eigenvalue weighted by molar-refractivity contribution is 5.86. The molecule has 4 heteroatoms. The largest absolute Gasteiger partial charge is 0.350 e. The average Bonchev–Trinajstić information content (AvgIpc) is 2.27. The second-order valence-corrected chi connectivity index (χ2v) is 4.85. The van der Waals surface area contributed by atoms with E-state index < -0.39 is 6.03 Å². The molecule has 2 bridgehead atoms. The van der Waals surface area contributed by atoms with Crippen LogP contribution in [0.2, 0.25) is 0 Å². The standard InChI is InChI=1S/C11H19N3O/c1-7(13-14-11(12)15)10-6-8-2-4-9(10)5-3-8/h8-10H,2-6H2,1H3,(H3,12,14,15)/b13-7+/t8?,9?,10-/m1/s1. The van der Waals surface area contributed by atoms with Crippen LogP contribution in [0, 0.1) is 17.8 Å². The predicted octanol–water partition coefficient (Wildman–Crippen LogP) is 1.86. The van der Waals surface area contributed by atoms with Crippen molar-refractivity contribution in [2.45, 2.75) is 39.0 Å². The van der Waals surface area contributed by atoms with Gasteiger partial charge in [-0.1, -0.05) is 12.8 Å². The lowest BCUT2D eigenvalue weighted by molar-refractivity contribution is 0.138. The van der Waals surface area contributed by atoms with Crippen LogP contribution in [0.4, 0.5) is 4.79 Å². The molecule has 3 aliphatic rings. The number of primary amides is 1. The maximum absolute atomic E-state index is 10.6. The second kappa shape index (κ2) is 4.21. The summed E-state index contributed by atoms with van der Waals surface area (Å²) in [4.78, 5) is 10.6. The maximum atomic E-state index is 10.6. The molecular weight excluding hydrogens is 190 g/mol. The molecule has 0 aromatic heterocycles. The second-order valence-electron chi connectivity index (χ2n) is 4.85. The Morgan fingerprint density at radius 3 is 2.47 bits per heavy atom. The van der Waals surface area contributed by atoms with Gasteiger partial charge in [-0.25, -0.2) is 10.2 Å². The number of urea groups is 1. The van der Waals surface area contributed by atoms with Gasteiger partial charge in [0, 0.05) is 11.6 Å². The first-order chi connectivity index (χ1) is 7.16. The minimum atomic E-state index is -0.574. The van der Waals surface area contributed by atoms with Crippen LogP contribution in [-0.4, -0.2) is 11.7 Å². The molecule has 0 aromatic carbocycles. The number of fused-ring (bicyclic) bond motifs is 3. The fourth-order valence-electron chi connectivity index (χ4n) is 3.12. The van der Waals surface area contributed by atoms with E-state index in [0.29, 0.717) is 5.92 Å². The quantitative estimate of drug-likeness (QED) is 0.529. The molecule has 0 radical (unpaired) electrons. The van der Waals surface area contributed by atoms with E-state index in [1.807, 2.05) is 6.92 Å². The third-order valence-electron chi connectivity index (χ3n) is 3.93. The van der Waals surface area contributed by atoms with Crippen LogP contribution < -0.4 is 11.2 Å². The summed E-state index contributed by atoms with van der Waals surface area (Å²) < 4.78 is 0. The third-order valence-corrected chi connectivity index (χ3v) is 3.93. The molecule has 84 valence electrons. The number of rotatable bonds is 2. The first kappa shape index (κ1) is 10.5. The van der Waals surface area contributed by atoms with E-state index in [2.05, 4.69) is 10.5 Å². The molecule has 0 spiro atoms. The fraction of sp³-hybridized carbons (Fsp3) is 0.818. The highest BCUT2D eigenvalue weighted by atomic mass is 16.2. The lowest BCUT2D eigenvalue weighted by atomic mass is 9.63. The van der Waals surface area contributed by atoms with Crippen molar-refractivity contribution in [3.63, 3.8) is 0 Å². The Balaban J connectivity index is 1.98. The van der Waals surface area contributed by atoms with Crippen LogP contribution in [0.25, 0.3) is 0 Å². The van der Waals surface area contributed by atoms with Gasteiger partial charge in [-0.15, -0.1) is 0 Å². The maximum Gasteiger partial charge on any atom is 0.332 e. The first-order valence-corrected chi connectivity index (χ1v) is 5.76. The zero-order chi connectivity index (χ0) is 10.8. The smallest absolute Gasteiger partial charge is 0.332 e. The topological polar surface area (TPSA) is 67.5 Å². The molecule has 0 aromatic rings. The van der Waals surface area contributed by atoms with Gasteiger partial charge >= 0.3 is 6.03 Å². The summed E-state index contributed by atoms with van der Waals surface area (Å²) in [5.74, 6) is 2.25.